The lowest BCUT2D eigenvalue weighted by molar-refractivity contribution is -0.127. The molecule has 5 heteroatoms. The van der Waals surface area contributed by atoms with Gasteiger partial charge in [0.25, 0.3) is 0 Å². The Morgan fingerprint density at radius 2 is 2.11 bits per heavy atom. The van der Waals surface area contributed by atoms with Gasteiger partial charge < -0.3 is 19.7 Å². The first-order valence-corrected chi connectivity index (χ1v) is 6.29. The van der Waals surface area contributed by atoms with Crippen LogP contribution in [0.2, 0.25) is 0 Å². The Kier molecular flexibility index (Phi) is 6.15. The molecule has 1 rings (SSSR count). The number of likely N-dealkylation sites (N-methyl/N-ethyl adjacent to an activating group) is 1. The molecule has 1 aromatic rings. The maximum Gasteiger partial charge on any atom is 0.236 e. The molecule has 1 amide bonds. The van der Waals surface area contributed by atoms with Crippen LogP contribution in [0.5, 0.6) is 11.5 Å². The van der Waals surface area contributed by atoms with E-state index >= 15 is 0 Å². The lowest BCUT2D eigenvalue weighted by Gasteiger charge is -2.15. The molecular formula is C14H22N2O3. The molecule has 0 saturated heterocycles. The number of benzene rings is 1. The Bertz CT molecular complexity index is 419. The summed E-state index contributed by atoms with van der Waals surface area (Å²) in [5.41, 5.74) is 0.972. The fraction of sp³-hybridized carbons (Fsp3) is 0.500. The highest BCUT2D eigenvalue weighted by Crippen LogP contribution is 2.30. The molecule has 0 radical (unpaired) electrons. The molecule has 0 atom stereocenters. The predicted molar refractivity (Wildman–Crippen MR) is 74.6 cm³/mol. The number of para-hydroxylation sites is 1. The fourth-order valence-electron chi connectivity index (χ4n) is 1.66. The Balaban J connectivity index is 2.67. The quantitative estimate of drug-likeness (QED) is 0.807. The summed E-state index contributed by atoms with van der Waals surface area (Å²) in [6, 6.07) is 5.74. The highest BCUT2D eigenvalue weighted by Gasteiger charge is 2.10. The van der Waals surface area contributed by atoms with E-state index in [1.807, 2.05) is 25.1 Å². The van der Waals surface area contributed by atoms with Gasteiger partial charge in [0, 0.05) is 26.2 Å². The van der Waals surface area contributed by atoms with E-state index in [1.165, 1.54) is 0 Å². The van der Waals surface area contributed by atoms with Crippen molar-refractivity contribution in [3.63, 3.8) is 0 Å². The van der Waals surface area contributed by atoms with E-state index in [-0.39, 0.29) is 5.91 Å². The van der Waals surface area contributed by atoms with Crippen molar-refractivity contribution >= 4 is 5.91 Å². The van der Waals surface area contributed by atoms with Gasteiger partial charge in [-0.1, -0.05) is 12.1 Å². The van der Waals surface area contributed by atoms with Gasteiger partial charge in [-0.25, -0.2) is 0 Å². The second kappa shape index (κ2) is 7.63. The number of methoxy groups -OCH3 is 1. The standard InChI is InChI=1S/C14H22N2O3/c1-5-19-12-8-6-7-11(14(12)18-4)9-15-10-13(17)16(2)3/h6-8,15H,5,9-10H2,1-4H3. The van der Waals surface area contributed by atoms with Crippen LogP contribution in [0.25, 0.3) is 0 Å². The van der Waals surface area contributed by atoms with Crippen LogP contribution in [0, 0.1) is 0 Å². The van der Waals surface area contributed by atoms with Crippen LogP contribution in [0.3, 0.4) is 0 Å². The molecule has 0 aliphatic rings. The third-order valence-electron chi connectivity index (χ3n) is 2.65. The van der Waals surface area contributed by atoms with E-state index in [2.05, 4.69) is 5.32 Å². The zero-order chi connectivity index (χ0) is 14.3. The van der Waals surface area contributed by atoms with E-state index in [1.54, 1.807) is 26.1 Å². The first kappa shape index (κ1) is 15.3. The summed E-state index contributed by atoms with van der Waals surface area (Å²) in [5.74, 6) is 1.48. The topological polar surface area (TPSA) is 50.8 Å². The maximum atomic E-state index is 11.5. The van der Waals surface area contributed by atoms with Crippen LogP contribution in [0.4, 0.5) is 0 Å². The first-order valence-electron chi connectivity index (χ1n) is 6.29. The third-order valence-corrected chi connectivity index (χ3v) is 2.65. The molecular weight excluding hydrogens is 244 g/mol. The Morgan fingerprint density at radius 1 is 1.37 bits per heavy atom. The smallest absolute Gasteiger partial charge is 0.236 e. The number of ether oxygens (including phenoxy) is 2. The lowest BCUT2D eigenvalue weighted by atomic mass is 10.2. The van der Waals surface area contributed by atoms with Crippen molar-refractivity contribution in [1.82, 2.24) is 10.2 Å². The van der Waals surface area contributed by atoms with Crippen molar-refractivity contribution in [2.45, 2.75) is 13.5 Å². The summed E-state index contributed by atoms with van der Waals surface area (Å²) in [4.78, 5) is 13.0. The molecule has 5 nitrogen and oxygen atoms in total. The summed E-state index contributed by atoms with van der Waals surface area (Å²) < 4.78 is 10.9. The van der Waals surface area contributed by atoms with Crippen LogP contribution in [0.15, 0.2) is 18.2 Å². The predicted octanol–water partition coefficient (Wildman–Crippen LogP) is 1.27. The molecule has 0 unspecified atom stereocenters. The number of nitrogens with zero attached hydrogens (tertiary/aromatic N) is 1. The molecule has 1 N–H and O–H groups in total. The van der Waals surface area contributed by atoms with Gasteiger partial charge in [-0.05, 0) is 13.0 Å². The number of carbonyl (C=O) groups is 1. The van der Waals surface area contributed by atoms with Gasteiger partial charge in [0.2, 0.25) is 5.91 Å². The van der Waals surface area contributed by atoms with Crippen molar-refractivity contribution in [1.29, 1.82) is 0 Å². The minimum Gasteiger partial charge on any atom is -0.493 e. The lowest BCUT2D eigenvalue weighted by Crippen LogP contribution is -2.32. The van der Waals surface area contributed by atoms with E-state index in [9.17, 15) is 4.79 Å². The van der Waals surface area contributed by atoms with Gasteiger partial charge in [-0.2, -0.15) is 0 Å². The van der Waals surface area contributed by atoms with Crippen LogP contribution in [-0.4, -0.2) is 45.2 Å². The Hall–Kier alpha value is -1.75. The normalized spacial score (nSPS) is 10.1. The van der Waals surface area contributed by atoms with Crippen molar-refractivity contribution in [3.05, 3.63) is 23.8 Å². The molecule has 0 fully saturated rings. The molecule has 0 bridgehead atoms. The summed E-state index contributed by atoms with van der Waals surface area (Å²) >= 11 is 0. The molecule has 0 aromatic heterocycles. The number of rotatable bonds is 7. The summed E-state index contributed by atoms with van der Waals surface area (Å²) in [5, 5.41) is 3.10. The van der Waals surface area contributed by atoms with Gasteiger partial charge in [-0.3, -0.25) is 4.79 Å². The molecule has 0 saturated carbocycles. The zero-order valence-electron chi connectivity index (χ0n) is 12.0. The Labute approximate surface area is 114 Å². The summed E-state index contributed by atoms with van der Waals surface area (Å²) in [6.07, 6.45) is 0. The van der Waals surface area contributed by atoms with Crippen molar-refractivity contribution in [2.75, 3.05) is 34.4 Å². The van der Waals surface area contributed by atoms with E-state index < -0.39 is 0 Å². The second-order valence-corrected chi connectivity index (χ2v) is 4.27. The average molecular weight is 266 g/mol. The van der Waals surface area contributed by atoms with Gasteiger partial charge in [-0.15, -0.1) is 0 Å². The monoisotopic (exact) mass is 266 g/mol. The van der Waals surface area contributed by atoms with Crippen LogP contribution >= 0.6 is 0 Å². The molecule has 0 aliphatic heterocycles. The van der Waals surface area contributed by atoms with Crippen LogP contribution in [0.1, 0.15) is 12.5 Å². The van der Waals surface area contributed by atoms with E-state index in [0.717, 1.165) is 11.3 Å². The largest absolute Gasteiger partial charge is 0.493 e. The van der Waals surface area contributed by atoms with Gasteiger partial charge in [0.15, 0.2) is 11.5 Å². The highest BCUT2D eigenvalue weighted by atomic mass is 16.5. The van der Waals surface area contributed by atoms with E-state index in [0.29, 0.717) is 25.4 Å². The van der Waals surface area contributed by atoms with Gasteiger partial charge in [0.05, 0.1) is 20.3 Å². The van der Waals surface area contributed by atoms with Crippen molar-refractivity contribution in [3.8, 4) is 11.5 Å². The maximum absolute atomic E-state index is 11.5. The van der Waals surface area contributed by atoms with Crippen molar-refractivity contribution < 1.29 is 14.3 Å². The van der Waals surface area contributed by atoms with Gasteiger partial charge in [0.1, 0.15) is 0 Å². The molecule has 106 valence electrons. The summed E-state index contributed by atoms with van der Waals surface area (Å²) in [6.45, 7) is 3.38. The third kappa shape index (κ3) is 4.44. The minimum absolute atomic E-state index is 0.0416. The SMILES string of the molecule is CCOc1cccc(CNCC(=O)N(C)C)c1OC. The number of amides is 1. The molecule has 19 heavy (non-hydrogen) atoms. The number of hydrogen-bond donors (Lipinski definition) is 1. The number of hydrogen-bond acceptors (Lipinski definition) is 4. The highest BCUT2D eigenvalue weighted by molar-refractivity contribution is 5.77. The summed E-state index contributed by atoms with van der Waals surface area (Å²) in [7, 11) is 5.09. The molecule has 0 spiro atoms. The van der Waals surface area contributed by atoms with Gasteiger partial charge >= 0.3 is 0 Å². The Morgan fingerprint density at radius 3 is 2.68 bits per heavy atom. The number of nitrogens with one attached hydrogen (secondary N) is 1. The molecule has 0 heterocycles. The zero-order valence-corrected chi connectivity index (χ0v) is 12.0. The van der Waals surface area contributed by atoms with Crippen LogP contribution in [-0.2, 0) is 11.3 Å². The first-order chi connectivity index (χ1) is 9.10. The molecule has 0 aliphatic carbocycles. The molecule has 1 aromatic carbocycles. The minimum atomic E-state index is 0.0416. The second-order valence-electron chi connectivity index (χ2n) is 4.27. The van der Waals surface area contributed by atoms with Crippen molar-refractivity contribution in [2.24, 2.45) is 0 Å². The van der Waals surface area contributed by atoms with Crippen LogP contribution < -0.4 is 14.8 Å². The number of carbonyl (C=O) groups excluding carboxylic acids is 1. The van der Waals surface area contributed by atoms with E-state index in [4.69, 9.17) is 9.47 Å². The fourth-order valence-corrected chi connectivity index (χ4v) is 1.66. The average Bonchev–Trinajstić information content (AvgIpc) is 2.39.